The number of benzene rings is 3. The first-order valence-electron chi connectivity index (χ1n) is 13.9. The van der Waals surface area contributed by atoms with Gasteiger partial charge in [-0.2, -0.15) is 0 Å². The number of nitrogens with zero attached hydrogens (tertiary/aromatic N) is 3. The predicted octanol–water partition coefficient (Wildman–Crippen LogP) is 7.11. The average molecular weight is 701 g/mol. The highest BCUT2D eigenvalue weighted by Crippen LogP contribution is 2.48. The van der Waals surface area contributed by atoms with Crippen LogP contribution in [-0.4, -0.2) is 54.4 Å². The molecule has 238 valence electrons. The fourth-order valence-corrected chi connectivity index (χ4v) is 7.89. The molecule has 1 saturated heterocycles. The van der Waals surface area contributed by atoms with E-state index < -0.39 is 17.7 Å². The maximum absolute atomic E-state index is 13.8. The second-order valence-electron chi connectivity index (χ2n) is 10.5. The summed E-state index contributed by atoms with van der Waals surface area (Å²) in [4.78, 5) is 28.8. The lowest BCUT2D eigenvalue weighted by molar-refractivity contribution is -0.132. The van der Waals surface area contributed by atoms with Crippen LogP contribution in [0.1, 0.15) is 35.2 Å². The third-order valence-corrected chi connectivity index (χ3v) is 10.3. The van der Waals surface area contributed by atoms with Gasteiger partial charge in [0.1, 0.15) is 17.6 Å². The Morgan fingerprint density at radius 1 is 1.04 bits per heavy atom. The number of thioether (sulfide) groups is 1. The van der Waals surface area contributed by atoms with Gasteiger partial charge in [0.15, 0.2) is 15.8 Å². The molecule has 0 radical (unpaired) electrons. The van der Waals surface area contributed by atoms with Gasteiger partial charge in [-0.3, -0.25) is 14.5 Å². The van der Waals surface area contributed by atoms with E-state index >= 15 is 0 Å². The molecule has 4 aromatic rings. The van der Waals surface area contributed by atoms with Crippen LogP contribution in [0, 0.1) is 0 Å². The van der Waals surface area contributed by atoms with Crippen LogP contribution in [0.4, 0.5) is 5.13 Å². The molecule has 2 aliphatic heterocycles. The molecule has 10 nitrogen and oxygen atoms in total. The summed E-state index contributed by atoms with van der Waals surface area (Å²) in [6.45, 7) is 1.95. The van der Waals surface area contributed by atoms with Gasteiger partial charge in [0.2, 0.25) is 10.9 Å². The van der Waals surface area contributed by atoms with E-state index in [1.165, 1.54) is 38.0 Å². The lowest BCUT2D eigenvalue weighted by Crippen LogP contribution is -2.29. The number of fused-ring (bicyclic) bond motifs is 1. The fraction of sp³-hybridized carbons (Fsp3) is 0.250. The molecular weight excluding hydrogens is 673 g/mol. The Balaban J connectivity index is 1.45. The highest BCUT2D eigenvalue weighted by Gasteiger charge is 2.49. The highest BCUT2D eigenvalue weighted by molar-refractivity contribution is 8.00. The number of hydrogen-bond donors (Lipinski definition) is 1. The number of ketones is 1. The Bertz CT molecular complexity index is 1870. The van der Waals surface area contributed by atoms with Gasteiger partial charge >= 0.3 is 5.91 Å². The van der Waals surface area contributed by atoms with Crippen LogP contribution in [0.25, 0.3) is 5.76 Å². The summed E-state index contributed by atoms with van der Waals surface area (Å²) in [6, 6.07) is 12.6. The minimum Gasteiger partial charge on any atom is -0.507 e. The summed E-state index contributed by atoms with van der Waals surface area (Å²) in [7, 11) is 4.40. The number of rotatable bonds is 9. The third kappa shape index (κ3) is 5.86. The molecule has 3 aromatic carbocycles. The lowest BCUT2D eigenvalue weighted by Gasteiger charge is -2.24. The Morgan fingerprint density at radius 3 is 2.46 bits per heavy atom. The largest absolute Gasteiger partial charge is 0.507 e. The van der Waals surface area contributed by atoms with Crippen molar-refractivity contribution >= 4 is 68.9 Å². The number of Topliss-reactive ketones (excluding diaryl/α,β-unsaturated/α-hetero) is 1. The number of hydrogen-bond acceptors (Lipinski definition) is 11. The summed E-state index contributed by atoms with van der Waals surface area (Å²) in [5.74, 6) is 0.0433. The van der Waals surface area contributed by atoms with Gasteiger partial charge in [-0.25, -0.2) is 0 Å². The quantitative estimate of drug-likeness (QED) is 0.0636. The molecule has 0 spiro atoms. The van der Waals surface area contributed by atoms with Crippen molar-refractivity contribution in [3.63, 3.8) is 0 Å². The Hall–Kier alpha value is -3.97. The maximum atomic E-state index is 13.8. The molecule has 1 fully saturated rings. The van der Waals surface area contributed by atoms with Gasteiger partial charge in [-0.1, -0.05) is 52.4 Å². The van der Waals surface area contributed by atoms with Crippen molar-refractivity contribution in [1.29, 1.82) is 0 Å². The zero-order valence-electron chi connectivity index (χ0n) is 25.0. The highest BCUT2D eigenvalue weighted by atomic mass is 35.5. The number of halogens is 2. The zero-order valence-corrected chi connectivity index (χ0v) is 28.1. The minimum absolute atomic E-state index is 0.0163. The molecule has 2 atom stereocenters. The SMILES string of the molecule is COc1cc(C2/C(=C(\O)c3ccc4c(c3)CC(C)O4)C(=O)C(=O)N2c2nnc(SCc3ccc(Cl)cc3Cl)s2)cc(OC)c1OC. The molecule has 1 aromatic heterocycles. The summed E-state index contributed by atoms with van der Waals surface area (Å²) < 4.78 is 23.0. The number of ether oxygens (including phenoxy) is 4. The van der Waals surface area contributed by atoms with E-state index in [4.69, 9.17) is 42.1 Å². The minimum atomic E-state index is -1.10. The van der Waals surface area contributed by atoms with Crippen LogP contribution in [-0.2, 0) is 21.8 Å². The van der Waals surface area contributed by atoms with Gasteiger partial charge in [-0.15, -0.1) is 10.2 Å². The van der Waals surface area contributed by atoms with Gasteiger partial charge in [0, 0.05) is 27.8 Å². The van der Waals surface area contributed by atoms with Crippen molar-refractivity contribution < 1.29 is 33.6 Å². The van der Waals surface area contributed by atoms with Crippen molar-refractivity contribution in [2.45, 2.75) is 35.6 Å². The number of methoxy groups -OCH3 is 3. The van der Waals surface area contributed by atoms with Crippen molar-refractivity contribution in [3.05, 3.63) is 86.4 Å². The van der Waals surface area contributed by atoms with Crippen LogP contribution >= 0.6 is 46.3 Å². The molecule has 1 amide bonds. The number of anilines is 1. The number of aliphatic hydroxyl groups excluding tert-OH is 1. The number of carbonyl (C=O) groups is 2. The van der Waals surface area contributed by atoms with Crippen LogP contribution in [0.2, 0.25) is 10.0 Å². The van der Waals surface area contributed by atoms with E-state index in [1.807, 2.05) is 13.0 Å². The zero-order chi connectivity index (χ0) is 32.7. The molecule has 0 saturated carbocycles. The summed E-state index contributed by atoms with van der Waals surface area (Å²) in [5, 5.41) is 21.5. The third-order valence-electron chi connectivity index (χ3n) is 7.58. The van der Waals surface area contributed by atoms with Crippen molar-refractivity contribution in [2.24, 2.45) is 0 Å². The molecule has 6 rings (SSSR count). The monoisotopic (exact) mass is 699 g/mol. The second-order valence-corrected chi connectivity index (χ2v) is 13.5. The van der Waals surface area contributed by atoms with Crippen molar-refractivity contribution in [2.75, 3.05) is 26.2 Å². The van der Waals surface area contributed by atoms with E-state index in [9.17, 15) is 14.7 Å². The molecule has 2 unspecified atom stereocenters. The predicted molar refractivity (Wildman–Crippen MR) is 177 cm³/mol. The van der Waals surface area contributed by atoms with Crippen LogP contribution in [0.3, 0.4) is 0 Å². The number of amides is 1. The van der Waals surface area contributed by atoms with Crippen molar-refractivity contribution in [1.82, 2.24) is 10.2 Å². The standard InChI is InChI=1S/C32H27Cl2N3O7S2/c1-15-9-18-10-16(6-8-22(18)44-15)27(38)25-26(19-11-23(41-2)29(43-4)24(12-19)42-3)37(30(40)28(25)39)31-35-36-32(46-31)45-14-17-5-7-20(33)13-21(17)34/h5-8,10-13,15,26,38H,9,14H2,1-4H3/b27-25+. The van der Waals surface area contributed by atoms with E-state index in [-0.39, 0.29) is 22.6 Å². The summed E-state index contributed by atoms with van der Waals surface area (Å²) >= 11 is 14.9. The molecule has 3 heterocycles. The van der Waals surface area contributed by atoms with E-state index in [0.717, 1.165) is 22.5 Å². The number of carbonyl (C=O) groups excluding carboxylic acids is 2. The Kier molecular flexibility index (Phi) is 9.06. The molecular formula is C32H27Cl2N3O7S2. The molecule has 0 bridgehead atoms. The summed E-state index contributed by atoms with van der Waals surface area (Å²) in [6.07, 6.45) is 0.630. The van der Waals surface area contributed by atoms with Gasteiger partial charge in [0.05, 0.1) is 32.9 Å². The number of aromatic nitrogens is 2. The lowest BCUT2D eigenvalue weighted by atomic mass is 9.94. The topological polar surface area (TPSA) is 120 Å². The van der Waals surface area contributed by atoms with E-state index in [0.29, 0.717) is 60.7 Å². The van der Waals surface area contributed by atoms with Gasteiger partial charge < -0.3 is 24.1 Å². The molecule has 1 N–H and O–H groups in total. The molecule has 14 heteroatoms. The molecule has 46 heavy (non-hydrogen) atoms. The first kappa shape index (κ1) is 32.0. The Morgan fingerprint density at radius 2 is 1.78 bits per heavy atom. The van der Waals surface area contributed by atoms with E-state index in [2.05, 4.69) is 10.2 Å². The maximum Gasteiger partial charge on any atom is 0.301 e. The second kappa shape index (κ2) is 13.0. The van der Waals surface area contributed by atoms with Crippen LogP contribution < -0.4 is 23.8 Å². The molecule has 2 aliphatic rings. The van der Waals surface area contributed by atoms with Crippen LogP contribution in [0.5, 0.6) is 23.0 Å². The molecule has 0 aliphatic carbocycles. The fourth-order valence-electron chi connectivity index (χ4n) is 5.47. The van der Waals surface area contributed by atoms with Crippen molar-refractivity contribution in [3.8, 4) is 23.0 Å². The summed E-state index contributed by atoms with van der Waals surface area (Å²) in [5.41, 5.74) is 2.41. The van der Waals surface area contributed by atoms with Gasteiger partial charge in [0.25, 0.3) is 5.78 Å². The smallest absolute Gasteiger partial charge is 0.301 e. The first-order valence-corrected chi connectivity index (χ1v) is 16.5. The number of aliphatic hydroxyl groups is 1. The average Bonchev–Trinajstić information content (AvgIpc) is 3.74. The Labute approximate surface area is 282 Å². The van der Waals surface area contributed by atoms with Gasteiger partial charge in [-0.05, 0) is 66.1 Å². The van der Waals surface area contributed by atoms with E-state index in [1.54, 1.807) is 42.5 Å². The first-order chi connectivity index (χ1) is 22.1. The van der Waals surface area contributed by atoms with Crippen LogP contribution in [0.15, 0.2) is 58.4 Å². The normalized spacial score (nSPS) is 18.4.